The number of hydrogen-bond acceptors (Lipinski definition) is 4. The number of benzene rings is 1. The Morgan fingerprint density at radius 3 is 2.43 bits per heavy atom. The maximum Gasteiger partial charge on any atom is 0.305 e. The van der Waals surface area contributed by atoms with Crippen molar-refractivity contribution < 1.29 is 14.3 Å². The molecule has 0 spiro atoms. The fourth-order valence-electron chi connectivity index (χ4n) is 1.99. The highest BCUT2D eigenvalue weighted by Crippen LogP contribution is 2.13. The maximum atomic E-state index is 10.9. The molecule has 0 saturated heterocycles. The van der Waals surface area contributed by atoms with Crippen LogP contribution in [-0.2, 0) is 16.0 Å². The molecule has 0 aliphatic carbocycles. The number of unbranched alkanes of at least 4 members (excludes halogenated alkanes) is 4. The molecule has 0 fully saturated rings. The molecule has 4 heteroatoms. The average Bonchev–Trinajstić information content (AvgIpc) is 2.51. The van der Waals surface area contributed by atoms with Gasteiger partial charge in [0.1, 0.15) is 5.75 Å². The van der Waals surface area contributed by atoms with Crippen molar-refractivity contribution >= 4 is 5.97 Å². The molecule has 1 aromatic rings. The van der Waals surface area contributed by atoms with Gasteiger partial charge in [-0.25, -0.2) is 0 Å². The lowest BCUT2D eigenvalue weighted by atomic mass is 10.1. The van der Waals surface area contributed by atoms with Gasteiger partial charge in [-0.05, 0) is 30.5 Å². The number of rotatable bonds is 10. The van der Waals surface area contributed by atoms with E-state index in [2.05, 4.69) is 10.8 Å². The summed E-state index contributed by atoms with van der Waals surface area (Å²) < 4.78 is 10.2. The number of ether oxygens (including phenoxy) is 2. The van der Waals surface area contributed by atoms with E-state index in [4.69, 9.17) is 10.00 Å². The Balaban J connectivity index is 2.01. The van der Waals surface area contributed by atoms with Crippen molar-refractivity contribution in [1.29, 1.82) is 5.26 Å². The molecule has 0 aliphatic heterocycles. The topological polar surface area (TPSA) is 59.3 Å². The third-order valence-electron chi connectivity index (χ3n) is 3.23. The van der Waals surface area contributed by atoms with E-state index in [1.807, 2.05) is 24.3 Å². The SMILES string of the molecule is COC(=O)CCCCCCCOc1ccc(CC#N)cc1. The second kappa shape index (κ2) is 10.7. The Bertz CT molecular complexity index is 448. The van der Waals surface area contributed by atoms with Crippen LogP contribution in [0, 0.1) is 11.3 Å². The summed E-state index contributed by atoms with van der Waals surface area (Å²) in [5, 5.41) is 8.59. The lowest BCUT2D eigenvalue weighted by Crippen LogP contribution is -2.00. The van der Waals surface area contributed by atoms with Gasteiger partial charge in [0.15, 0.2) is 0 Å². The summed E-state index contributed by atoms with van der Waals surface area (Å²) in [6.07, 6.45) is 6.13. The molecule has 1 aromatic carbocycles. The summed E-state index contributed by atoms with van der Waals surface area (Å²) in [6, 6.07) is 9.78. The van der Waals surface area contributed by atoms with Gasteiger partial charge in [-0.15, -0.1) is 0 Å². The highest BCUT2D eigenvalue weighted by molar-refractivity contribution is 5.68. The average molecular weight is 289 g/mol. The van der Waals surface area contributed by atoms with Crippen LogP contribution in [0.1, 0.15) is 44.1 Å². The normalized spacial score (nSPS) is 9.90. The van der Waals surface area contributed by atoms with E-state index in [-0.39, 0.29) is 5.97 Å². The summed E-state index contributed by atoms with van der Waals surface area (Å²) in [7, 11) is 1.42. The van der Waals surface area contributed by atoms with Gasteiger partial charge in [-0.2, -0.15) is 5.26 Å². The largest absolute Gasteiger partial charge is 0.494 e. The Labute approximate surface area is 126 Å². The van der Waals surface area contributed by atoms with Crippen LogP contribution in [0.25, 0.3) is 0 Å². The minimum Gasteiger partial charge on any atom is -0.494 e. The van der Waals surface area contributed by atoms with Crippen LogP contribution >= 0.6 is 0 Å². The Morgan fingerprint density at radius 2 is 1.76 bits per heavy atom. The van der Waals surface area contributed by atoms with Crippen molar-refractivity contribution in [1.82, 2.24) is 0 Å². The lowest BCUT2D eigenvalue weighted by molar-refractivity contribution is -0.140. The number of methoxy groups -OCH3 is 1. The molecule has 0 bridgehead atoms. The van der Waals surface area contributed by atoms with Crippen LogP contribution in [0.2, 0.25) is 0 Å². The van der Waals surface area contributed by atoms with Crippen molar-refractivity contribution in [2.45, 2.75) is 44.9 Å². The molecule has 0 unspecified atom stereocenters. The summed E-state index contributed by atoms with van der Waals surface area (Å²) in [5.41, 5.74) is 1.01. The molecule has 114 valence electrons. The number of hydrogen-bond donors (Lipinski definition) is 0. The highest BCUT2D eigenvalue weighted by Gasteiger charge is 1.99. The van der Waals surface area contributed by atoms with Crippen LogP contribution < -0.4 is 4.74 Å². The first-order valence-corrected chi connectivity index (χ1v) is 7.41. The molecule has 4 nitrogen and oxygen atoms in total. The Hall–Kier alpha value is -2.02. The summed E-state index contributed by atoms with van der Waals surface area (Å²) in [4.78, 5) is 10.9. The van der Waals surface area contributed by atoms with Crippen molar-refractivity contribution in [2.24, 2.45) is 0 Å². The molecule has 0 aromatic heterocycles. The fourth-order valence-corrected chi connectivity index (χ4v) is 1.99. The Morgan fingerprint density at radius 1 is 1.10 bits per heavy atom. The predicted molar refractivity (Wildman–Crippen MR) is 81.0 cm³/mol. The minimum absolute atomic E-state index is 0.127. The molecule has 0 aliphatic rings. The van der Waals surface area contributed by atoms with Crippen LogP contribution in [0.4, 0.5) is 0 Å². The van der Waals surface area contributed by atoms with Gasteiger partial charge in [-0.1, -0.05) is 31.4 Å². The zero-order chi connectivity index (χ0) is 15.3. The molecule has 0 atom stereocenters. The number of nitriles is 1. The quantitative estimate of drug-likeness (QED) is 0.487. The fraction of sp³-hybridized carbons (Fsp3) is 0.529. The Kier molecular flexibility index (Phi) is 8.70. The molecular formula is C17H23NO3. The van der Waals surface area contributed by atoms with E-state index < -0.39 is 0 Å². The van der Waals surface area contributed by atoms with E-state index >= 15 is 0 Å². The number of carbonyl (C=O) groups is 1. The van der Waals surface area contributed by atoms with Gasteiger partial charge in [0.2, 0.25) is 0 Å². The van der Waals surface area contributed by atoms with Crippen LogP contribution in [0.5, 0.6) is 5.75 Å². The zero-order valence-electron chi connectivity index (χ0n) is 12.6. The third kappa shape index (κ3) is 7.98. The number of carbonyl (C=O) groups excluding carboxylic acids is 1. The van der Waals surface area contributed by atoms with Crippen molar-refractivity contribution in [3.05, 3.63) is 29.8 Å². The summed E-state index contributed by atoms with van der Waals surface area (Å²) in [5.74, 6) is 0.723. The lowest BCUT2D eigenvalue weighted by Gasteiger charge is -2.06. The van der Waals surface area contributed by atoms with Gasteiger partial charge in [0.25, 0.3) is 0 Å². The first kappa shape index (κ1) is 17.0. The maximum absolute atomic E-state index is 10.9. The standard InChI is InChI=1S/C17H23NO3/c1-20-17(19)7-5-3-2-4-6-14-21-16-10-8-15(9-11-16)12-13-18/h8-11H,2-7,12,14H2,1H3. The van der Waals surface area contributed by atoms with Crippen molar-refractivity contribution in [2.75, 3.05) is 13.7 Å². The van der Waals surface area contributed by atoms with Gasteiger partial charge < -0.3 is 9.47 Å². The van der Waals surface area contributed by atoms with Crippen LogP contribution in [-0.4, -0.2) is 19.7 Å². The zero-order valence-corrected chi connectivity index (χ0v) is 12.6. The van der Waals surface area contributed by atoms with Gasteiger partial charge in [-0.3, -0.25) is 4.79 Å². The second-order valence-electron chi connectivity index (χ2n) is 4.92. The van der Waals surface area contributed by atoms with Crippen molar-refractivity contribution in [3.8, 4) is 11.8 Å². The van der Waals surface area contributed by atoms with Crippen LogP contribution in [0.15, 0.2) is 24.3 Å². The highest BCUT2D eigenvalue weighted by atomic mass is 16.5. The number of esters is 1. The first-order chi connectivity index (χ1) is 10.3. The van der Waals surface area contributed by atoms with Gasteiger partial charge in [0, 0.05) is 6.42 Å². The molecular weight excluding hydrogens is 266 g/mol. The van der Waals surface area contributed by atoms with E-state index in [0.717, 1.165) is 43.4 Å². The van der Waals surface area contributed by atoms with Gasteiger partial charge in [0.05, 0.1) is 26.2 Å². The summed E-state index contributed by atoms with van der Waals surface area (Å²) in [6.45, 7) is 0.703. The summed E-state index contributed by atoms with van der Waals surface area (Å²) >= 11 is 0. The van der Waals surface area contributed by atoms with E-state index in [1.54, 1.807) is 0 Å². The van der Waals surface area contributed by atoms with E-state index in [1.165, 1.54) is 7.11 Å². The monoisotopic (exact) mass is 289 g/mol. The van der Waals surface area contributed by atoms with Gasteiger partial charge >= 0.3 is 5.97 Å². The smallest absolute Gasteiger partial charge is 0.305 e. The molecule has 0 saturated carbocycles. The molecule has 21 heavy (non-hydrogen) atoms. The third-order valence-corrected chi connectivity index (χ3v) is 3.23. The minimum atomic E-state index is -0.127. The predicted octanol–water partition coefficient (Wildman–Crippen LogP) is 3.65. The van der Waals surface area contributed by atoms with E-state index in [0.29, 0.717) is 19.4 Å². The molecule has 0 N–H and O–H groups in total. The second-order valence-corrected chi connectivity index (χ2v) is 4.92. The van der Waals surface area contributed by atoms with Crippen LogP contribution in [0.3, 0.4) is 0 Å². The molecule has 0 radical (unpaired) electrons. The molecule has 0 heterocycles. The molecule has 0 amide bonds. The first-order valence-electron chi connectivity index (χ1n) is 7.41. The molecule has 1 rings (SSSR count). The number of nitrogens with zero attached hydrogens (tertiary/aromatic N) is 1. The van der Waals surface area contributed by atoms with E-state index in [9.17, 15) is 4.79 Å². The van der Waals surface area contributed by atoms with Crippen molar-refractivity contribution in [3.63, 3.8) is 0 Å².